The first kappa shape index (κ1) is 17.4. The molecule has 0 fully saturated rings. The Morgan fingerprint density at radius 3 is 2.38 bits per heavy atom. The highest BCUT2D eigenvalue weighted by molar-refractivity contribution is 7.99. The molecule has 0 unspecified atom stereocenters. The van der Waals surface area contributed by atoms with Gasteiger partial charge < -0.3 is 0 Å². The average molecular weight is 381 g/mol. The number of rotatable bonds is 4. The normalized spacial score (nSPS) is 13.0. The van der Waals surface area contributed by atoms with Crippen LogP contribution in [0.2, 0.25) is 0 Å². The molecule has 1 aliphatic heterocycles. The second kappa shape index (κ2) is 7.33. The van der Waals surface area contributed by atoms with E-state index in [1.165, 1.54) is 16.7 Å². The lowest BCUT2D eigenvalue weighted by molar-refractivity contribution is 0.739. The SMILES string of the molecule is Cc1ccc(CSc2nc3c(c(=O)n2-c2ccc(C)cc2)SCC3)cc1. The van der Waals surface area contributed by atoms with Crippen LogP contribution in [0.15, 0.2) is 63.4 Å². The summed E-state index contributed by atoms with van der Waals surface area (Å²) in [5.41, 5.74) is 5.57. The molecule has 0 radical (unpaired) electrons. The van der Waals surface area contributed by atoms with Gasteiger partial charge in [-0.15, -0.1) is 11.8 Å². The highest BCUT2D eigenvalue weighted by Crippen LogP contribution is 2.31. The summed E-state index contributed by atoms with van der Waals surface area (Å²) >= 11 is 3.25. The first-order valence-corrected chi connectivity index (χ1v) is 10.6. The highest BCUT2D eigenvalue weighted by atomic mass is 32.2. The van der Waals surface area contributed by atoms with E-state index in [-0.39, 0.29) is 5.56 Å². The maximum absolute atomic E-state index is 13.1. The van der Waals surface area contributed by atoms with Crippen molar-refractivity contribution in [1.82, 2.24) is 9.55 Å². The van der Waals surface area contributed by atoms with E-state index in [2.05, 4.69) is 38.1 Å². The van der Waals surface area contributed by atoms with Gasteiger partial charge in [0.15, 0.2) is 5.16 Å². The minimum atomic E-state index is 0.0627. The molecule has 4 rings (SSSR count). The third-order valence-corrected chi connectivity index (χ3v) is 6.56. The molecule has 2 heterocycles. The second-order valence-corrected chi connectivity index (χ2v) is 8.57. The van der Waals surface area contributed by atoms with Gasteiger partial charge in [-0.05, 0) is 31.5 Å². The van der Waals surface area contributed by atoms with E-state index in [1.54, 1.807) is 28.1 Å². The van der Waals surface area contributed by atoms with Crippen molar-refractivity contribution in [3.8, 4) is 5.69 Å². The lowest BCUT2D eigenvalue weighted by atomic mass is 10.2. The number of hydrogen-bond acceptors (Lipinski definition) is 4. The molecule has 0 amide bonds. The van der Waals surface area contributed by atoms with Crippen LogP contribution in [0.5, 0.6) is 0 Å². The third kappa shape index (κ3) is 3.46. The van der Waals surface area contributed by atoms with Crippen LogP contribution in [-0.2, 0) is 12.2 Å². The van der Waals surface area contributed by atoms with Crippen molar-refractivity contribution in [3.05, 3.63) is 81.3 Å². The number of thioether (sulfide) groups is 2. The second-order valence-electron chi connectivity index (χ2n) is 6.52. The molecule has 0 bridgehead atoms. The minimum Gasteiger partial charge on any atom is -0.268 e. The molecule has 0 aliphatic carbocycles. The zero-order chi connectivity index (χ0) is 18.1. The number of aryl methyl sites for hydroxylation is 3. The van der Waals surface area contributed by atoms with Gasteiger partial charge in [-0.3, -0.25) is 9.36 Å². The summed E-state index contributed by atoms with van der Waals surface area (Å²) in [6, 6.07) is 16.6. The van der Waals surface area contributed by atoms with Gasteiger partial charge in [0.25, 0.3) is 5.56 Å². The molecule has 3 aromatic rings. The topological polar surface area (TPSA) is 34.9 Å². The van der Waals surface area contributed by atoms with E-state index in [0.717, 1.165) is 39.4 Å². The van der Waals surface area contributed by atoms with E-state index in [1.807, 2.05) is 24.3 Å². The monoisotopic (exact) mass is 380 g/mol. The van der Waals surface area contributed by atoms with E-state index < -0.39 is 0 Å². The Labute approximate surface area is 161 Å². The summed E-state index contributed by atoms with van der Waals surface area (Å²) in [5, 5.41) is 0.778. The van der Waals surface area contributed by atoms with Crippen LogP contribution in [0, 0.1) is 13.8 Å². The standard InChI is InChI=1S/C21H20N2OS2/c1-14-3-7-16(8-4-14)13-26-21-22-18-11-12-25-19(18)20(24)23(21)17-9-5-15(2)6-10-17/h3-10H,11-13H2,1-2H3. The van der Waals surface area contributed by atoms with E-state index >= 15 is 0 Å². The van der Waals surface area contributed by atoms with Gasteiger partial charge in [0.05, 0.1) is 16.3 Å². The first-order chi connectivity index (χ1) is 12.6. The van der Waals surface area contributed by atoms with Crippen LogP contribution in [0.1, 0.15) is 22.4 Å². The first-order valence-electron chi connectivity index (χ1n) is 8.66. The molecule has 0 saturated heterocycles. The summed E-state index contributed by atoms with van der Waals surface area (Å²) < 4.78 is 1.77. The predicted octanol–water partition coefficient (Wildman–Crippen LogP) is 4.79. The molecule has 0 saturated carbocycles. The van der Waals surface area contributed by atoms with E-state index in [4.69, 9.17) is 4.98 Å². The van der Waals surface area contributed by atoms with Crippen LogP contribution < -0.4 is 5.56 Å². The van der Waals surface area contributed by atoms with E-state index in [0.29, 0.717) is 0 Å². The van der Waals surface area contributed by atoms with Crippen molar-refractivity contribution >= 4 is 23.5 Å². The zero-order valence-electron chi connectivity index (χ0n) is 14.9. The van der Waals surface area contributed by atoms with Gasteiger partial charge in [-0.1, -0.05) is 59.3 Å². The molecular formula is C21H20N2OS2. The number of nitrogens with zero attached hydrogens (tertiary/aromatic N) is 2. The van der Waals surface area contributed by atoms with Crippen LogP contribution >= 0.6 is 23.5 Å². The minimum absolute atomic E-state index is 0.0627. The summed E-state index contributed by atoms with van der Waals surface area (Å²) in [6.45, 7) is 4.14. The summed E-state index contributed by atoms with van der Waals surface area (Å²) in [5.74, 6) is 1.74. The van der Waals surface area contributed by atoms with E-state index in [9.17, 15) is 4.79 Å². The molecule has 1 aromatic heterocycles. The lowest BCUT2D eigenvalue weighted by Crippen LogP contribution is -2.23. The van der Waals surface area contributed by atoms with Crippen molar-refractivity contribution in [2.24, 2.45) is 0 Å². The van der Waals surface area contributed by atoms with Gasteiger partial charge in [0.2, 0.25) is 0 Å². The Balaban J connectivity index is 1.75. The fraction of sp³-hybridized carbons (Fsp3) is 0.238. The molecule has 2 aromatic carbocycles. The summed E-state index contributed by atoms with van der Waals surface area (Å²) in [7, 11) is 0. The summed E-state index contributed by atoms with van der Waals surface area (Å²) in [6.07, 6.45) is 0.877. The number of benzene rings is 2. The number of hydrogen-bond donors (Lipinski definition) is 0. The average Bonchev–Trinajstić information content (AvgIpc) is 3.11. The largest absolute Gasteiger partial charge is 0.272 e. The Kier molecular flexibility index (Phi) is 4.92. The zero-order valence-corrected chi connectivity index (χ0v) is 16.5. The van der Waals surface area contributed by atoms with Crippen molar-refractivity contribution in [1.29, 1.82) is 0 Å². The number of aromatic nitrogens is 2. The Morgan fingerprint density at radius 1 is 1.04 bits per heavy atom. The molecule has 0 atom stereocenters. The third-order valence-electron chi connectivity index (χ3n) is 4.45. The van der Waals surface area contributed by atoms with Crippen LogP contribution in [-0.4, -0.2) is 15.3 Å². The smallest absolute Gasteiger partial charge is 0.268 e. The maximum Gasteiger partial charge on any atom is 0.272 e. The quantitative estimate of drug-likeness (QED) is 0.481. The van der Waals surface area contributed by atoms with Gasteiger partial charge in [0, 0.05) is 17.9 Å². The molecule has 0 spiro atoms. The Morgan fingerprint density at radius 2 is 1.69 bits per heavy atom. The van der Waals surface area contributed by atoms with Gasteiger partial charge in [-0.2, -0.15) is 0 Å². The predicted molar refractivity (Wildman–Crippen MR) is 110 cm³/mol. The van der Waals surface area contributed by atoms with Crippen LogP contribution in [0.3, 0.4) is 0 Å². The molecule has 5 heteroatoms. The highest BCUT2D eigenvalue weighted by Gasteiger charge is 2.22. The van der Waals surface area contributed by atoms with Crippen molar-refractivity contribution < 1.29 is 0 Å². The molecule has 3 nitrogen and oxygen atoms in total. The molecule has 0 N–H and O–H groups in total. The lowest BCUT2D eigenvalue weighted by Gasteiger charge is -2.14. The van der Waals surface area contributed by atoms with Gasteiger partial charge in [-0.25, -0.2) is 4.98 Å². The molecular weight excluding hydrogens is 360 g/mol. The van der Waals surface area contributed by atoms with Crippen LogP contribution in [0.4, 0.5) is 0 Å². The fourth-order valence-electron chi connectivity index (χ4n) is 2.94. The molecule has 26 heavy (non-hydrogen) atoms. The van der Waals surface area contributed by atoms with Gasteiger partial charge >= 0.3 is 0 Å². The maximum atomic E-state index is 13.1. The van der Waals surface area contributed by atoms with Gasteiger partial charge in [0.1, 0.15) is 0 Å². The van der Waals surface area contributed by atoms with Crippen molar-refractivity contribution in [3.63, 3.8) is 0 Å². The fourth-order valence-corrected chi connectivity index (χ4v) is 4.95. The van der Waals surface area contributed by atoms with Crippen LogP contribution in [0.25, 0.3) is 5.69 Å². The Bertz CT molecular complexity index is 992. The Hall–Kier alpha value is -1.98. The molecule has 132 valence electrons. The molecule has 1 aliphatic rings. The van der Waals surface area contributed by atoms with Crippen molar-refractivity contribution in [2.75, 3.05) is 5.75 Å². The van der Waals surface area contributed by atoms with Crippen molar-refractivity contribution in [2.45, 2.75) is 36.1 Å². The summed E-state index contributed by atoms with van der Waals surface area (Å²) in [4.78, 5) is 18.8. The number of fused-ring (bicyclic) bond motifs is 1.